The summed E-state index contributed by atoms with van der Waals surface area (Å²) in [5.74, 6) is 0. The SMILES string of the molecule is CCN(CC)S(=O)(=O)c1cc(N)ccc1NCCCN1CCOCC1. The second-order valence-corrected chi connectivity index (χ2v) is 7.99. The first-order valence-electron chi connectivity index (χ1n) is 8.92. The molecule has 1 fully saturated rings. The molecule has 2 rings (SSSR count). The van der Waals surface area contributed by atoms with E-state index in [-0.39, 0.29) is 4.90 Å². The van der Waals surface area contributed by atoms with Crippen LogP contribution in [0.15, 0.2) is 23.1 Å². The number of nitrogen functional groups attached to an aromatic ring is 1. The lowest BCUT2D eigenvalue weighted by Crippen LogP contribution is -2.37. The van der Waals surface area contributed by atoms with E-state index >= 15 is 0 Å². The molecule has 0 unspecified atom stereocenters. The molecule has 0 atom stereocenters. The summed E-state index contributed by atoms with van der Waals surface area (Å²) in [6.07, 6.45) is 0.940. The lowest BCUT2D eigenvalue weighted by Gasteiger charge is -2.26. The number of rotatable bonds is 9. The van der Waals surface area contributed by atoms with Crippen LogP contribution < -0.4 is 11.1 Å². The monoisotopic (exact) mass is 370 g/mol. The number of anilines is 2. The highest BCUT2D eigenvalue weighted by Gasteiger charge is 2.25. The molecule has 0 aromatic heterocycles. The fraction of sp³-hybridized carbons (Fsp3) is 0.647. The maximum absolute atomic E-state index is 12.9. The van der Waals surface area contributed by atoms with Gasteiger partial charge in [0.15, 0.2) is 0 Å². The van der Waals surface area contributed by atoms with E-state index in [4.69, 9.17) is 10.5 Å². The number of hydrogen-bond acceptors (Lipinski definition) is 6. The summed E-state index contributed by atoms with van der Waals surface area (Å²) in [5, 5.41) is 3.27. The van der Waals surface area contributed by atoms with Gasteiger partial charge in [0.25, 0.3) is 0 Å². The van der Waals surface area contributed by atoms with Crippen molar-refractivity contribution in [2.45, 2.75) is 25.2 Å². The van der Waals surface area contributed by atoms with Gasteiger partial charge in [0.2, 0.25) is 10.0 Å². The van der Waals surface area contributed by atoms with Crippen LogP contribution in [0.1, 0.15) is 20.3 Å². The van der Waals surface area contributed by atoms with Crippen molar-refractivity contribution in [1.29, 1.82) is 0 Å². The van der Waals surface area contributed by atoms with Crippen LogP contribution >= 0.6 is 0 Å². The van der Waals surface area contributed by atoms with Gasteiger partial charge >= 0.3 is 0 Å². The average Bonchev–Trinajstić information content (AvgIpc) is 2.61. The van der Waals surface area contributed by atoms with Gasteiger partial charge in [-0.15, -0.1) is 0 Å². The quantitative estimate of drug-likeness (QED) is 0.505. The summed E-state index contributed by atoms with van der Waals surface area (Å²) in [6, 6.07) is 5.02. The van der Waals surface area contributed by atoms with Crippen LogP contribution in [-0.2, 0) is 14.8 Å². The minimum absolute atomic E-state index is 0.252. The van der Waals surface area contributed by atoms with Crippen molar-refractivity contribution in [3.63, 3.8) is 0 Å². The molecule has 7 nitrogen and oxygen atoms in total. The number of morpholine rings is 1. The van der Waals surface area contributed by atoms with Crippen molar-refractivity contribution in [2.24, 2.45) is 0 Å². The first kappa shape index (κ1) is 20.0. The van der Waals surface area contributed by atoms with Crippen molar-refractivity contribution in [3.05, 3.63) is 18.2 Å². The number of nitrogens with one attached hydrogen (secondary N) is 1. The lowest BCUT2D eigenvalue weighted by atomic mass is 10.2. The molecule has 0 radical (unpaired) electrons. The average molecular weight is 371 g/mol. The van der Waals surface area contributed by atoms with E-state index in [1.54, 1.807) is 12.1 Å². The molecule has 3 N–H and O–H groups in total. The van der Waals surface area contributed by atoms with Gasteiger partial charge in [0.05, 0.1) is 18.9 Å². The maximum Gasteiger partial charge on any atom is 0.245 e. The van der Waals surface area contributed by atoms with Gasteiger partial charge < -0.3 is 15.8 Å². The van der Waals surface area contributed by atoms with Crippen molar-refractivity contribution in [3.8, 4) is 0 Å². The van der Waals surface area contributed by atoms with Crippen LogP contribution in [-0.4, -0.2) is 70.1 Å². The second kappa shape index (κ2) is 9.38. The van der Waals surface area contributed by atoms with E-state index in [1.807, 2.05) is 13.8 Å². The standard InChI is InChI=1S/C17H30N4O3S/c1-3-21(4-2)25(22,23)17-14-15(18)6-7-16(17)19-8-5-9-20-10-12-24-13-11-20/h6-7,14,19H,3-5,8-13,18H2,1-2H3. The molecule has 1 aromatic rings. The molecule has 1 aliphatic heterocycles. The summed E-state index contributed by atoms with van der Waals surface area (Å²) in [6.45, 7) is 9.73. The van der Waals surface area contributed by atoms with Crippen LogP contribution in [0.5, 0.6) is 0 Å². The summed E-state index contributed by atoms with van der Waals surface area (Å²) in [4.78, 5) is 2.62. The molecule has 0 spiro atoms. The van der Waals surface area contributed by atoms with Crippen LogP contribution in [0.3, 0.4) is 0 Å². The number of sulfonamides is 1. The highest BCUT2D eigenvalue weighted by Crippen LogP contribution is 2.27. The van der Waals surface area contributed by atoms with E-state index in [0.29, 0.717) is 31.0 Å². The molecule has 0 saturated carbocycles. The van der Waals surface area contributed by atoms with Gasteiger partial charge in [0, 0.05) is 38.4 Å². The highest BCUT2D eigenvalue weighted by molar-refractivity contribution is 7.89. The molecule has 8 heteroatoms. The Hall–Kier alpha value is -1.35. The zero-order chi connectivity index (χ0) is 18.3. The van der Waals surface area contributed by atoms with Crippen LogP contribution in [0.4, 0.5) is 11.4 Å². The molecular weight excluding hydrogens is 340 g/mol. The van der Waals surface area contributed by atoms with Crippen LogP contribution in [0.25, 0.3) is 0 Å². The third kappa shape index (κ3) is 5.31. The Morgan fingerprint density at radius 1 is 1.24 bits per heavy atom. The zero-order valence-corrected chi connectivity index (χ0v) is 16.0. The predicted octanol–water partition coefficient (Wildman–Crippen LogP) is 1.43. The summed E-state index contributed by atoms with van der Waals surface area (Å²) < 4.78 is 32.5. The molecule has 1 saturated heterocycles. The Morgan fingerprint density at radius 2 is 1.92 bits per heavy atom. The third-order valence-electron chi connectivity index (χ3n) is 4.40. The van der Waals surface area contributed by atoms with Crippen molar-refractivity contribution in [2.75, 3.05) is 63.5 Å². The predicted molar refractivity (Wildman–Crippen MR) is 101 cm³/mol. The molecule has 25 heavy (non-hydrogen) atoms. The third-order valence-corrected chi connectivity index (χ3v) is 6.49. The summed E-state index contributed by atoms with van der Waals surface area (Å²) >= 11 is 0. The molecule has 0 aliphatic carbocycles. The highest BCUT2D eigenvalue weighted by atomic mass is 32.2. The van der Waals surface area contributed by atoms with Gasteiger partial charge in [-0.05, 0) is 31.2 Å². The Morgan fingerprint density at radius 3 is 2.56 bits per heavy atom. The van der Waals surface area contributed by atoms with Crippen molar-refractivity contribution in [1.82, 2.24) is 9.21 Å². The van der Waals surface area contributed by atoms with E-state index < -0.39 is 10.0 Å². The molecule has 1 aliphatic rings. The maximum atomic E-state index is 12.9. The largest absolute Gasteiger partial charge is 0.399 e. The Kier molecular flexibility index (Phi) is 7.49. The minimum Gasteiger partial charge on any atom is -0.399 e. The molecule has 0 amide bonds. The van der Waals surface area contributed by atoms with E-state index in [2.05, 4.69) is 10.2 Å². The Bertz CT molecular complexity index is 641. The van der Waals surface area contributed by atoms with Gasteiger partial charge in [0.1, 0.15) is 4.90 Å². The molecule has 0 bridgehead atoms. The molecule has 142 valence electrons. The number of benzene rings is 1. The first-order chi connectivity index (χ1) is 12.0. The van der Waals surface area contributed by atoms with Gasteiger partial charge in [-0.2, -0.15) is 4.31 Å². The van der Waals surface area contributed by atoms with E-state index in [9.17, 15) is 8.42 Å². The van der Waals surface area contributed by atoms with E-state index in [0.717, 1.165) is 39.3 Å². The van der Waals surface area contributed by atoms with Gasteiger partial charge in [-0.25, -0.2) is 8.42 Å². The lowest BCUT2D eigenvalue weighted by molar-refractivity contribution is 0.0378. The van der Waals surface area contributed by atoms with Crippen molar-refractivity contribution < 1.29 is 13.2 Å². The molecule has 1 heterocycles. The molecular formula is C17H30N4O3S. The van der Waals surface area contributed by atoms with Gasteiger partial charge in [-0.3, -0.25) is 4.90 Å². The Balaban J connectivity index is 2.02. The number of hydrogen-bond donors (Lipinski definition) is 2. The summed E-state index contributed by atoms with van der Waals surface area (Å²) in [7, 11) is -3.55. The number of ether oxygens (including phenoxy) is 1. The van der Waals surface area contributed by atoms with Crippen LogP contribution in [0.2, 0.25) is 0 Å². The minimum atomic E-state index is -3.55. The van der Waals surface area contributed by atoms with Crippen molar-refractivity contribution >= 4 is 21.4 Å². The van der Waals surface area contributed by atoms with Crippen LogP contribution in [0, 0.1) is 0 Å². The van der Waals surface area contributed by atoms with Gasteiger partial charge in [-0.1, -0.05) is 13.8 Å². The zero-order valence-electron chi connectivity index (χ0n) is 15.2. The topological polar surface area (TPSA) is 87.9 Å². The Labute approximate surface area is 151 Å². The second-order valence-electron chi connectivity index (χ2n) is 6.08. The normalized spacial score (nSPS) is 16.3. The fourth-order valence-electron chi connectivity index (χ4n) is 2.95. The number of nitrogens with zero attached hydrogens (tertiary/aromatic N) is 2. The molecule has 1 aromatic carbocycles. The smallest absolute Gasteiger partial charge is 0.245 e. The first-order valence-corrected chi connectivity index (χ1v) is 10.4. The van der Waals surface area contributed by atoms with E-state index in [1.165, 1.54) is 10.4 Å². The number of nitrogens with two attached hydrogens (primary N) is 1. The fourth-order valence-corrected chi connectivity index (χ4v) is 4.61. The summed E-state index contributed by atoms with van der Waals surface area (Å²) in [5.41, 5.74) is 6.89.